The number of anilines is 2. The minimum atomic E-state index is -4.66. The van der Waals surface area contributed by atoms with Gasteiger partial charge in [0, 0.05) is 37.4 Å². The zero-order valence-corrected chi connectivity index (χ0v) is 17.9. The molecule has 2 aromatic rings. The zero-order chi connectivity index (χ0) is 25.1. The topological polar surface area (TPSA) is 162 Å². The van der Waals surface area contributed by atoms with Gasteiger partial charge in [-0.25, -0.2) is 4.98 Å². The maximum atomic E-state index is 12.9. The molecule has 0 spiro atoms. The fraction of sp³-hybridized carbons (Fsp3) is 0.286. The van der Waals surface area contributed by atoms with Gasteiger partial charge in [-0.2, -0.15) is 13.2 Å². The molecule has 182 valence electrons. The third kappa shape index (κ3) is 7.85. The van der Waals surface area contributed by atoms with Crippen LogP contribution in [-0.4, -0.2) is 55.1 Å². The van der Waals surface area contributed by atoms with Crippen LogP contribution in [-0.2, 0) is 20.6 Å². The normalized spacial score (nSPS) is 11.9. The molecule has 1 atom stereocenters. The molecule has 2 rings (SSSR count). The molecule has 0 aliphatic rings. The number of carbonyl (C=O) groups excluding carboxylic acids is 3. The molecule has 0 fully saturated rings. The van der Waals surface area contributed by atoms with Gasteiger partial charge in [0.25, 0.3) is 5.91 Å². The molecule has 3 amide bonds. The van der Waals surface area contributed by atoms with Crippen molar-refractivity contribution in [1.82, 2.24) is 15.6 Å². The molecule has 7 N–H and O–H groups in total. The van der Waals surface area contributed by atoms with Gasteiger partial charge in [0.05, 0.1) is 5.92 Å². The van der Waals surface area contributed by atoms with E-state index in [0.717, 1.165) is 12.1 Å². The van der Waals surface area contributed by atoms with Crippen LogP contribution < -0.4 is 27.0 Å². The van der Waals surface area contributed by atoms with Crippen molar-refractivity contribution < 1.29 is 27.6 Å². The van der Waals surface area contributed by atoms with Gasteiger partial charge in [-0.1, -0.05) is 24.3 Å². The van der Waals surface area contributed by atoms with Crippen molar-refractivity contribution in [1.29, 1.82) is 5.41 Å². The van der Waals surface area contributed by atoms with Crippen molar-refractivity contribution in [3.8, 4) is 0 Å². The van der Waals surface area contributed by atoms with Crippen LogP contribution in [0.3, 0.4) is 0 Å². The number of nitrogens with zero attached hydrogens (tertiary/aromatic N) is 1. The van der Waals surface area contributed by atoms with Gasteiger partial charge in [-0.05, 0) is 18.2 Å². The summed E-state index contributed by atoms with van der Waals surface area (Å²) in [5.74, 6) is -2.60. The van der Waals surface area contributed by atoms with Gasteiger partial charge in [-0.3, -0.25) is 19.8 Å². The van der Waals surface area contributed by atoms with E-state index in [9.17, 15) is 27.6 Å². The fourth-order valence-electron chi connectivity index (χ4n) is 2.86. The zero-order valence-electron chi connectivity index (χ0n) is 17.9. The van der Waals surface area contributed by atoms with E-state index in [0.29, 0.717) is 25.2 Å². The Labute approximate surface area is 193 Å². The minimum Gasteiger partial charge on any atom is -0.384 e. The Bertz CT molecular complexity index is 1030. The van der Waals surface area contributed by atoms with Crippen molar-refractivity contribution in [3.05, 3.63) is 53.7 Å². The summed E-state index contributed by atoms with van der Waals surface area (Å²) >= 11 is 0. The minimum absolute atomic E-state index is 0.00194. The lowest BCUT2D eigenvalue weighted by Crippen LogP contribution is -2.39. The van der Waals surface area contributed by atoms with Crippen LogP contribution in [0.5, 0.6) is 0 Å². The Kier molecular flexibility index (Phi) is 9.49. The number of amides is 3. The second-order valence-corrected chi connectivity index (χ2v) is 7.03. The van der Waals surface area contributed by atoms with Crippen LogP contribution in [0, 0.1) is 11.3 Å². The number of carbonyl (C=O) groups is 3. The van der Waals surface area contributed by atoms with Gasteiger partial charge in [0.15, 0.2) is 0 Å². The van der Waals surface area contributed by atoms with Crippen molar-refractivity contribution in [2.75, 3.05) is 36.8 Å². The number of pyridine rings is 1. The van der Waals surface area contributed by atoms with E-state index in [2.05, 4.69) is 26.3 Å². The Balaban J connectivity index is 2.15. The van der Waals surface area contributed by atoms with Crippen molar-refractivity contribution in [3.63, 3.8) is 0 Å². The number of primary amides is 1. The lowest BCUT2D eigenvalue weighted by atomic mass is 10.1. The predicted octanol–water partition coefficient (Wildman–Crippen LogP) is 0.956. The van der Waals surface area contributed by atoms with Crippen LogP contribution >= 0.6 is 0 Å². The first-order valence-corrected chi connectivity index (χ1v) is 10.1. The van der Waals surface area contributed by atoms with Crippen molar-refractivity contribution in [2.24, 2.45) is 11.7 Å². The molecule has 34 heavy (non-hydrogen) atoms. The van der Waals surface area contributed by atoms with E-state index in [-0.39, 0.29) is 24.5 Å². The third-order valence-electron chi connectivity index (χ3n) is 4.56. The van der Waals surface area contributed by atoms with Crippen LogP contribution in [0.15, 0.2) is 42.5 Å². The molecule has 10 nitrogen and oxygen atoms in total. The van der Waals surface area contributed by atoms with Crippen LogP contribution in [0.4, 0.5) is 24.7 Å². The standard InChI is InChI=1S/C21H24F3N7O3/c22-21(23,24)16-6-3-7-17(30-16)31-20(34)13(10-27-8-9-28-12-32)11-29-15-5-2-1-4-14(15)18(25)19(26)33/h1-7,12-13,25,27,29H,8-11H2,(H2,26,33)(H,28,32)(H,30,31,34). The van der Waals surface area contributed by atoms with E-state index >= 15 is 0 Å². The molecular weight excluding hydrogens is 455 g/mol. The summed E-state index contributed by atoms with van der Waals surface area (Å²) in [6.07, 6.45) is -4.14. The summed E-state index contributed by atoms with van der Waals surface area (Å²) < 4.78 is 38.8. The molecule has 1 aromatic heterocycles. The molecule has 0 aliphatic heterocycles. The van der Waals surface area contributed by atoms with E-state index < -0.39 is 35.3 Å². The molecular formula is C21H24F3N7O3. The largest absolute Gasteiger partial charge is 0.433 e. The highest BCUT2D eigenvalue weighted by atomic mass is 19.4. The molecule has 0 radical (unpaired) electrons. The predicted molar refractivity (Wildman–Crippen MR) is 119 cm³/mol. The Morgan fingerprint density at radius 2 is 1.82 bits per heavy atom. The number of para-hydroxylation sites is 1. The Morgan fingerprint density at radius 3 is 2.50 bits per heavy atom. The number of nitrogens with one attached hydrogen (secondary N) is 5. The summed E-state index contributed by atoms with van der Waals surface area (Å²) in [6.45, 7) is 0.752. The van der Waals surface area contributed by atoms with Gasteiger partial charge in [0.1, 0.15) is 17.2 Å². The summed E-state index contributed by atoms with van der Waals surface area (Å²) in [5, 5.41) is 18.6. The Hall–Kier alpha value is -4.00. The fourth-order valence-corrected chi connectivity index (χ4v) is 2.86. The summed E-state index contributed by atoms with van der Waals surface area (Å²) in [4.78, 5) is 38.0. The maximum Gasteiger partial charge on any atom is 0.433 e. The van der Waals surface area contributed by atoms with Crippen LogP contribution in [0.1, 0.15) is 11.3 Å². The highest BCUT2D eigenvalue weighted by Crippen LogP contribution is 2.28. The number of aromatic nitrogens is 1. The number of rotatable bonds is 13. The Morgan fingerprint density at radius 1 is 1.09 bits per heavy atom. The first-order chi connectivity index (χ1) is 16.1. The SMILES string of the molecule is N=C(C(N)=O)c1ccccc1NCC(CNCCNC=O)C(=O)Nc1cccc(C(F)(F)F)n1. The molecule has 0 saturated heterocycles. The summed E-state index contributed by atoms with van der Waals surface area (Å²) in [7, 11) is 0. The van der Waals surface area contributed by atoms with Gasteiger partial charge < -0.3 is 27.0 Å². The monoisotopic (exact) mass is 479 g/mol. The molecule has 0 bridgehead atoms. The highest BCUT2D eigenvalue weighted by Gasteiger charge is 2.32. The lowest BCUT2D eigenvalue weighted by molar-refractivity contribution is -0.141. The summed E-state index contributed by atoms with van der Waals surface area (Å²) in [6, 6.07) is 9.54. The third-order valence-corrected chi connectivity index (χ3v) is 4.56. The number of halogens is 3. The van der Waals surface area contributed by atoms with Crippen molar-refractivity contribution >= 4 is 35.4 Å². The average Bonchev–Trinajstić information content (AvgIpc) is 2.80. The first-order valence-electron chi connectivity index (χ1n) is 10.1. The average molecular weight is 479 g/mol. The lowest BCUT2D eigenvalue weighted by Gasteiger charge is -2.20. The van der Waals surface area contributed by atoms with E-state index in [1.54, 1.807) is 18.2 Å². The molecule has 0 aliphatic carbocycles. The highest BCUT2D eigenvalue weighted by molar-refractivity contribution is 6.44. The smallest absolute Gasteiger partial charge is 0.384 e. The second kappa shape index (κ2) is 12.3. The quantitative estimate of drug-likeness (QED) is 0.142. The number of nitrogens with two attached hydrogens (primary N) is 1. The van der Waals surface area contributed by atoms with Crippen LogP contribution in [0.25, 0.3) is 0 Å². The van der Waals surface area contributed by atoms with E-state index in [1.165, 1.54) is 12.1 Å². The van der Waals surface area contributed by atoms with Crippen LogP contribution in [0.2, 0.25) is 0 Å². The molecule has 1 unspecified atom stereocenters. The maximum absolute atomic E-state index is 12.9. The molecule has 13 heteroatoms. The van der Waals surface area contributed by atoms with E-state index in [1.807, 2.05) is 0 Å². The van der Waals surface area contributed by atoms with Gasteiger partial charge >= 0.3 is 6.18 Å². The number of hydrogen-bond acceptors (Lipinski definition) is 7. The van der Waals surface area contributed by atoms with Crippen molar-refractivity contribution in [2.45, 2.75) is 6.18 Å². The number of hydrogen-bond donors (Lipinski definition) is 6. The van der Waals surface area contributed by atoms with E-state index in [4.69, 9.17) is 11.1 Å². The number of alkyl halides is 3. The first kappa shape index (κ1) is 26.3. The number of benzene rings is 1. The van der Waals surface area contributed by atoms with Gasteiger partial charge in [0.2, 0.25) is 12.3 Å². The second-order valence-electron chi connectivity index (χ2n) is 7.03. The van der Waals surface area contributed by atoms with Gasteiger partial charge in [-0.15, -0.1) is 0 Å². The molecule has 1 heterocycles. The molecule has 0 saturated carbocycles. The summed E-state index contributed by atoms with van der Waals surface area (Å²) in [5.41, 5.74) is 4.24. The molecule has 1 aromatic carbocycles.